The maximum Gasteiger partial charge on any atom is 0.437 e. The van der Waals surface area contributed by atoms with Crippen molar-refractivity contribution in [1.29, 1.82) is 0 Å². The van der Waals surface area contributed by atoms with Crippen LogP contribution in [0.4, 0.5) is 0 Å². The van der Waals surface area contributed by atoms with Crippen LogP contribution in [-0.2, 0) is 6.54 Å². The maximum absolute atomic E-state index is 11.8. The molecule has 0 radical (unpaired) electrons. The quantitative estimate of drug-likeness (QED) is 0.708. The summed E-state index contributed by atoms with van der Waals surface area (Å²) in [5.41, 5.74) is 1.06. The van der Waals surface area contributed by atoms with Crippen LogP contribution in [-0.4, -0.2) is 27.6 Å². The van der Waals surface area contributed by atoms with E-state index < -0.39 is 11.9 Å². The predicted octanol–water partition coefficient (Wildman–Crippen LogP) is 2.66. The lowest BCUT2D eigenvalue weighted by atomic mass is 10.0. The van der Waals surface area contributed by atoms with Gasteiger partial charge < -0.3 is 18.7 Å². The summed E-state index contributed by atoms with van der Waals surface area (Å²) in [6.07, 6.45) is 0.552. The van der Waals surface area contributed by atoms with Crippen LogP contribution < -0.4 is 10.5 Å². The third-order valence-corrected chi connectivity index (χ3v) is 3.69. The van der Waals surface area contributed by atoms with Crippen molar-refractivity contribution in [3.63, 3.8) is 0 Å². The number of hydrogen-bond acceptors (Lipinski definition) is 6. The van der Waals surface area contributed by atoms with Crippen LogP contribution in [0.3, 0.4) is 0 Å². The van der Waals surface area contributed by atoms with E-state index in [0.29, 0.717) is 11.7 Å². The Morgan fingerprint density at radius 1 is 1.24 bits per heavy atom. The minimum Gasteiger partial charge on any atom is -0.491 e. The number of rotatable bonds is 7. The van der Waals surface area contributed by atoms with Crippen LogP contribution in [0.1, 0.15) is 25.3 Å². The van der Waals surface area contributed by atoms with E-state index in [4.69, 9.17) is 13.6 Å². The molecular formula is C18H20N2O5. The summed E-state index contributed by atoms with van der Waals surface area (Å²) >= 11 is 0. The van der Waals surface area contributed by atoms with Gasteiger partial charge in [-0.3, -0.25) is 0 Å². The van der Waals surface area contributed by atoms with Crippen molar-refractivity contribution in [2.75, 3.05) is 6.61 Å². The highest BCUT2D eigenvalue weighted by Crippen LogP contribution is 2.25. The van der Waals surface area contributed by atoms with E-state index in [2.05, 4.69) is 18.9 Å². The number of hydrogen-bond donors (Lipinski definition) is 1. The van der Waals surface area contributed by atoms with Crippen LogP contribution in [0.5, 0.6) is 5.75 Å². The summed E-state index contributed by atoms with van der Waals surface area (Å²) in [5, 5.41) is 14.2. The summed E-state index contributed by atoms with van der Waals surface area (Å²) in [7, 11) is 0. The van der Waals surface area contributed by atoms with Crippen LogP contribution in [0.15, 0.2) is 56.3 Å². The van der Waals surface area contributed by atoms with Crippen molar-refractivity contribution in [3.05, 3.63) is 58.8 Å². The first-order chi connectivity index (χ1) is 12.0. The summed E-state index contributed by atoms with van der Waals surface area (Å²) in [5.74, 6) is 0.802. The van der Waals surface area contributed by atoms with Crippen molar-refractivity contribution < 1.29 is 18.7 Å². The van der Waals surface area contributed by atoms with E-state index in [9.17, 15) is 9.90 Å². The monoisotopic (exact) mass is 344 g/mol. The van der Waals surface area contributed by atoms with Gasteiger partial charge in [0.2, 0.25) is 0 Å². The molecule has 0 fully saturated rings. The zero-order valence-corrected chi connectivity index (χ0v) is 14.1. The van der Waals surface area contributed by atoms with Gasteiger partial charge in [-0.25, -0.2) is 4.79 Å². The first kappa shape index (κ1) is 17.0. The molecule has 1 atom stereocenters. The first-order valence-corrected chi connectivity index (χ1v) is 8.06. The molecule has 0 aliphatic rings. The molecule has 0 saturated heterocycles. The van der Waals surface area contributed by atoms with E-state index in [1.807, 2.05) is 24.3 Å². The Hall–Kier alpha value is -2.80. The molecule has 7 heteroatoms. The second-order valence-corrected chi connectivity index (χ2v) is 5.99. The second-order valence-electron chi connectivity index (χ2n) is 5.99. The lowest BCUT2D eigenvalue weighted by Crippen LogP contribution is -2.29. The number of benzene rings is 1. The van der Waals surface area contributed by atoms with Gasteiger partial charge in [-0.1, -0.05) is 32.0 Å². The van der Waals surface area contributed by atoms with Crippen molar-refractivity contribution in [2.24, 2.45) is 0 Å². The molecular weight excluding hydrogens is 324 g/mol. The highest BCUT2D eigenvalue weighted by Gasteiger charge is 2.16. The number of nitrogens with zero attached hydrogens (tertiary/aromatic N) is 2. The number of ether oxygens (including phenoxy) is 1. The molecule has 132 valence electrons. The lowest BCUT2D eigenvalue weighted by molar-refractivity contribution is 0.0869. The molecule has 0 spiro atoms. The fraction of sp³-hybridized carbons (Fsp3) is 0.333. The molecule has 7 nitrogen and oxygen atoms in total. The molecule has 2 aromatic heterocycles. The van der Waals surface area contributed by atoms with Crippen LogP contribution in [0, 0.1) is 0 Å². The average Bonchev–Trinajstić information content (AvgIpc) is 3.23. The standard InChI is InChI=1S/C18H20N2O5/c1-12(2)14-6-3-4-7-15(14)24-11-13(21)10-20-18(22)25-17(19-20)16-8-5-9-23-16/h3-9,12-13,21H,10-11H2,1-2H3. The van der Waals surface area contributed by atoms with Crippen LogP contribution in [0.2, 0.25) is 0 Å². The van der Waals surface area contributed by atoms with Gasteiger partial charge in [0, 0.05) is 0 Å². The molecule has 0 amide bonds. The summed E-state index contributed by atoms with van der Waals surface area (Å²) in [6, 6.07) is 11.0. The Balaban J connectivity index is 1.64. The smallest absolute Gasteiger partial charge is 0.437 e. The Morgan fingerprint density at radius 2 is 2.04 bits per heavy atom. The largest absolute Gasteiger partial charge is 0.491 e. The van der Waals surface area contributed by atoms with Gasteiger partial charge in [0.05, 0.1) is 12.8 Å². The SMILES string of the molecule is CC(C)c1ccccc1OCC(O)Cn1nc(-c2ccco2)oc1=O. The highest BCUT2D eigenvalue weighted by atomic mass is 16.5. The Kier molecular flexibility index (Phi) is 5.04. The van der Waals surface area contributed by atoms with Gasteiger partial charge in [-0.05, 0) is 29.7 Å². The molecule has 1 aromatic carbocycles. The number of aliphatic hydroxyl groups excluding tert-OH is 1. The van der Waals surface area contributed by atoms with E-state index in [0.717, 1.165) is 16.0 Å². The van der Waals surface area contributed by atoms with Crippen LogP contribution in [0.25, 0.3) is 11.7 Å². The molecule has 3 aromatic rings. The fourth-order valence-electron chi connectivity index (χ4n) is 2.45. The van der Waals surface area contributed by atoms with Gasteiger partial charge in [0.1, 0.15) is 18.5 Å². The zero-order chi connectivity index (χ0) is 17.8. The maximum atomic E-state index is 11.8. The molecule has 1 N–H and O–H groups in total. The van der Waals surface area contributed by atoms with Gasteiger partial charge >= 0.3 is 5.76 Å². The van der Waals surface area contributed by atoms with Crippen molar-refractivity contribution in [2.45, 2.75) is 32.4 Å². The molecule has 0 aliphatic carbocycles. The van der Waals surface area contributed by atoms with E-state index in [1.165, 1.54) is 6.26 Å². The number of aromatic nitrogens is 2. The third kappa shape index (κ3) is 4.00. The molecule has 0 bridgehead atoms. The summed E-state index contributed by atoms with van der Waals surface area (Å²) < 4.78 is 16.9. The normalized spacial score (nSPS) is 12.5. The minimum absolute atomic E-state index is 0.0348. The third-order valence-electron chi connectivity index (χ3n) is 3.69. The molecule has 0 aliphatic heterocycles. The Bertz CT molecular complexity index is 864. The van der Waals surface area contributed by atoms with E-state index in [-0.39, 0.29) is 19.0 Å². The highest BCUT2D eigenvalue weighted by molar-refractivity contribution is 5.42. The van der Waals surface area contributed by atoms with Gasteiger partial charge in [-0.15, -0.1) is 5.10 Å². The second kappa shape index (κ2) is 7.40. The topological polar surface area (TPSA) is 90.6 Å². The molecule has 1 unspecified atom stereocenters. The molecule has 3 rings (SSSR count). The minimum atomic E-state index is -0.910. The lowest BCUT2D eigenvalue weighted by Gasteiger charge is -2.16. The molecule has 0 saturated carbocycles. The van der Waals surface area contributed by atoms with E-state index >= 15 is 0 Å². The average molecular weight is 344 g/mol. The number of furan rings is 1. The number of para-hydroxylation sites is 1. The van der Waals surface area contributed by atoms with Gasteiger partial charge in [0.15, 0.2) is 5.76 Å². The first-order valence-electron chi connectivity index (χ1n) is 8.06. The Labute approximate surface area is 144 Å². The summed E-state index contributed by atoms with van der Waals surface area (Å²) in [6.45, 7) is 4.15. The van der Waals surface area contributed by atoms with Crippen molar-refractivity contribution in [1.82, 2.24) is 9.78 Å². The van der Waals surface area contributed by atoms with Gasteiger partial charge in [-0.2, -0.15) is 4.68 Å². The molecule has 25 heavy (non-hydrogen) atoms. The van der Waals surface area contributed by atoms with E-state index in [1.54, 1.807) is 12.1 Å². The van der Waals surface area contributed by atoms with Crippen molar-refractivity contribution >= 4 is 0 Å². The number of aliphatic hydroxyl groups is 1. The van der Waals surface area contributed by atoms with Gasteiger partial charge in [0.25, 0.3) is 5.89 Å². The van der Waals surface area contributed by atoms with Crippen molar-refractivity contribution in [3.8, 4) is 17.4 Å². The van der Waals surface area contributed by atoms with Crippen LogP contribution >= 0.6 is 0 Å². The Morgan fingerprint density at radius 3 is 2.76 bits per heavy atom. The predicted molar refractivity (Wildman–Crippen MR) is 90.5 cm³/mol. The summed E-state index contributed by atoms with van der Waals surface area (Å²) in [4.78, 5) is 11.8. The zero-order valence-electron chi connectivity index (χ0n) is 14.1. The fourth-order valence-corrected chi connectivity index (χ4v) is 2.45. The molecule has 2 heterocycles.